The van der Waals surface area contributed by atoms with Crippen LogP contribution in [0.1, 0.15) is 35.2 Å². The molecule has 0 fully saturated rings. The van der Waals surface area contributed by atoms with E-state index in [1.807, 2.05) is 13.0 Å². The van der Waals surface area contributed by atoms with Gasteiger partial charge in [-0.05, 0) is 43.7 Å². The van der Waals surface area contributed by atoms with Crippen molar-refractivity contribution in [3.63, 3.8) is 0 Å². The molecule has 0 aliphatic heterocycles. The van der Waals surface area contributed by atoms with Gasteiger partial charge >= 0.3 is 0 Å². The van der Waals surface area contributed by atoms with Gasteiger partial charge in [0.05, 0.1) is 10.6 Å². The molecule has 0 bridgehead atoms. The predicted molar refractivity (Wildman–Crippen MR) is 89.6 cm³/mol. The van der Waals surface area contributed by atoms with Crippen molar-refractivity contribution in [1.82, 2.24) is 15.4 Å². The standard InChI is InChI=1S/C16H17N3O2S2/c1-9-3-4-13-11(5-9)7-14(23-13)15-17-18-16(20-15)22-8-12-6-10(2)21-19-12/h6-7,9H,3-5,8H2,1-2H3. The Bertz CT molecular complexity index is 821. The molecular formula is C16H17N3O2S2. The molecule has 1 aliphatic rings. The van der Waals surface area contributed by atoms with Crippen LogP contribution in [0.2, 0.25) is 0 Å². The molecule has 3 heterocycles. The van der Waals surface area contributed by atoms with Gasteiger partial charge in [0, 0.05) is 16.7 Å². The summed E-state index contributed by atoms with van der Waals surface area (Å²) in [6, 6.07) is 4.14. The van der Waals surface area contributed by atoms with Crippen molar-refractivity contribution in [3.8, 4) is 10.8 Å². The molecule has 3 aromatic heterocycles. The second-order valence-corrected chi connectivity index (χ2v) is 8.06. The van der Waals surface area contributed by atoms with Crippen molar-refractivity contribution in [2.45, 2.75) is 44.1 Å². The average Bonchev–Trinajstić information content (AvgIpc) is 3.23. The maximum atomic E-state index is 5.80. The minimum absolute atomic E-state index is 0.570. The molecule has 0 amide bonds. The first-order chi connectivity index (χ1) is 11.2. The second-order valence-electron chi connectivity index (χ2n) is 6.00. The van der Waals surface area contributed by atoms with Crippen LogP contribution < -0.4 is 0 Å². The van der Waals surface area contributed by atoms with Crippen LogP contribution >= 0.6 is 23.1 Å². The summed E-state index contributed by atoms with van der Waals surface area (Å²) < 4.78 is 10.8. The summed E-state index contributed by atoms with van der Waals surface area (Å²) in [5, 5.41) is 12.9. The predicted octanol–water partition coefficient (Wildman–Crippen LogP) is 4.51. The molecule has 7 heteroatoms. The smallest absolute Gasteiger partial charge is 0.277 e. The Kier molecular flexibility index (Phi) is 3.98. The lowest BCUT2D eigenvalue weighted by Crippen LogP contribution is -2.07. The largest absolute Gasteiger partial charge is 0.410 e. The molecule has 4 rings (SSSR count). The lowest BCUT2D eigenvalue weighted by atomic mass is 9.90. The second kappa shape index (κ2) is 6.13. The molecule has 5 nitrogen and oxygen atoms in total. The molecular weight excluding hydrogens is 330 g/mol. The van der Waals surface area contributed by atoms with Crippen LogP contribution in [-0.4, -0.2) is 15.4 Å². The molecule has 1 unspecified atom stereocenters. The zero-order valence-electron chi connectivity index (χ0n) is 13.0. The summed E-state index contributed by atoms with van der Waals surface area (Å²) in [4.78, 5) is 2.56. The van der Waals surface area contributed by atoms with Crippen molar-refractivity contribution in [1.29, 1.82) is 0 Å². The quantitative estimate of drug-likeness (QED) is 0.647. The normalized spacial score (nSPS) is 17.4. The van der Waals surface area contributed by atoms with Gasteiger partial charge in [-0.15, -0.1) is 21.5 Å². The number of aromatic nitrogens is 3. The van der Waals surface area contributed by atoms with Crippen molar-refractivity contribution < 1.29 is 8.94 Å². The van der Waals surface area contributed by atoms with Crippen LogP contribution in [0.5, 0.6) is 0 Å². The first-order valence-corrected chi connectivity index (χ1v) is 9.48. The van der Waals surface area contributed by atoms with Gasteiger partial charge in [-0.1, -0.05) is 23.8 Å². The number of hydrogen-bond donors (Lipinski definition) is 0. The Morgan fingerprint density at radius 1 is 1.35 bits per heavy atom. The molecule has 0 saturated carbocycles. The highest BCUT2D eigenvalue weighted by atomic mass is 32.2. The van der Waals surface area contributed by atoms with E-state index in [1.165, 1.54) is 35.0 Å². The number of aryl methyl sites for hydroxylation is 2. The highest BCUT2D eigenvalue weighted by Crippen LogP contribution is 2.37. The number of fused-ring (bicyclic) bond motifs is 1. The summed E-state index contributed by atoms with van der Waals surface area (Å²) in [5.41, 5.74) is 2.34. The number of thiophene rings is 1. The van der Waals surface area contributed by atoms with E-state index in [0.717, 1.165) is 28.7 Å². The molecule has 1 atom stereocenters. The Morgan fingerprint density at radius 2 is 2.26 bits per heavy atom. The molecule has 3 aromatic rings. The van der Waals surface area contributed by atoms with Crippen LogP contribution in [-0.2, 0) is 18.6 Å². The zero-order chi connectivity index (χ0) is 15.8. The van der Waals surface area contributed by atoms with Gasteiger partial charge in [0.1, 0.15) is 5.76 Å². The van der Waals surface area contributed by atoms with E-state index in [-0.39, 0.29) is 0 Å². The van der Waals surface area contributed by atoms with Gasteiger partial charge in [0.25, 0.3) is 11.1 Å². The van der Waals surface area contributed by atoms with E-state index in [2.05, 4.69) is 28.3 Å². The van der Waals surface area contributed by atoms with Crippen LogP contribution in [0.3, 0.4) is 0 Å². The summed E-state index contributed by atoms with van der Waals surface area (Å²) >= 11 is 3.27. The molecule has 0 N–H and O–H groups in total. The SMILES string of the molecule is Cc1cc(CSc2nnc(-c3cc4c(s3)CCC(C)C4)o2)no1. The van der Waals surface area contributed by atoms with Gasteiger partial charge in [-0.25, -0.2) is 0 Å². The van der Waals surface area contributed by atoms with E-state index >= 15 is 0 Å². The lowest BCUT2D eigenvalue weighted by Gasteiger charge is -2.16. The average molecular weight is 347 g/mol. The third kappa shape index (κ3) is 3.21. The molecule has 0 saturated heterocycles. The van der Waals surface area contributed by atoms with E-state index in [9.17, 15) is 0 Å². The number of thioether (sulfide) groups is 1. The van der Waals surface area contributed by atoms with E-state index in [4.69, 9.17) is 8.94 Å². The van der Waals surface area contributed by atoms with Crippen LogP contribution in [0.4, 0.5) is 0 Å². The molecule has 0 radical (unpaired) electrons. The summed E-state index contributed by atoms with van der Waals surface area (Å²) in [5.74, 6) is 2.86. The Labute approximate surface area is 142 Å². The zero-order valence-corrected chi connectivity index (χ0v) is 14.7. The van der Waals surface area contributed by atoms with Gasteiger partial charge in [-0.3, -0.25) is 0 Å². The number of rotatable bonds is 4. The maximum Gasteiger partial charge on any atom is 0.277 e. The number of nitrogens with zero attached hydrogens (tertiary/aromatic N) is 3. The van der Waals surface area contributed by atoms with Gasteiger partial charge < -0.3 is 8.94 Å². The van der Waals surface area contributed by atoms with E-state index in [1.54, 1.807) is 11.3 Å². The lowest BCUT2D eigenvalue weighted by molar-refractivity contribution is 0.392. The minimum atomic E-state index is 0.570. The third-order valence-electron chi connectivity index (χ3n) is 3.97. The van der Waals surface area contributed by atoms with Gasteiger partial charge in [0.2, 0.25) is 0 Å². The Balaban J connectivity index is 1.47. The minimum Gasteiger partial charge on any atom is -0.410 e. The monoisotopic (exact) mass is 347 g/mol. The van der Waals surface area contributed by atoms with Crippen LogP contribution in [0.15, 0.2) is 26.3 Å². The van der Waals surface area contributed by atoms with E-state index in [0.29, 0.717) is 16.9 Å². The third-order valence-corrected chi connectivity index (χ3v) is 6.04. The summed E-state index contributed by atoms with van der Waals surface area (Å²) in [7, 11) is 0. The van der Waals surface area contributed by atoms with Gasteiger partial charge in [0.15, 0.2) is 0 Å². The summed E-state index contributed by atoms with van der Waals surface area (Å²) in [6.45, 7) is 4.19. The number of hydrogen-bond acceptors (Lipinski definition) is 7. The highest BCUT2D eigenvalue weighted by Gasteiger charge is 2.21. The Hall–Kier alpha value is -1.60. The van der Waals surface area contributed by atoms with E-state index < -0.39 is 0 Å². The topological polar surface area (TPSA) is 65.0 Å². The molecule has 0 spiro atoms. The molecule has 0 aromatic carbocycles. The fourth-order valence-corrected chi connectivity index (χ4v) is 4.57. The maximum absolute atomic E-state index is 5.80. The molecule has 23 heavy (non-hydrogen) atoms. The molecule has 1 aliphatic carbocycles. The first kappa shape index (κ1) is 15.0. The van der Waals surface area contributed by atoms with Crippen LogP contribution in [0.25, 0.3) is 10.8 Å². The highest BCUT2D eigenvalue weighted by molar-refractivity contribution is 7.98. The summed E-state index contributed by atoms with van der Waals surface area (Å²) in [6.07, 6.45) is 3.60. The molecule has 120 valence electrons. The fraction of sp³-hybridized carbons (Fsp3) is 0.438. The van der Waals surface area contributed by atoms with Crippen molar-refractivity contribution >= 4 is 23.1 Å². The fourth-order valence-electron chi connectivity index (χ4n) is 2.80. The van der Waals surface area contributed by atoms with Gasteiger partial charge in [-0.2, -0.15) is 0 Å². The van der Waals surface area contributed by atoms with Crippen molar-refractivity contribution in [3.05, 3.63) is 34.0 Å². The van der Waals surface area contributed by atoms with Crippen molar-refractivity contribution in [2.24, 2.45) is 5.92 Å². The van der Waals surface area contributed by atoms with Crippen molar-refractivity contribution in [2.75, 3.05) is 0 Å². The Morgan fingerprint density at radius 3 is 3.09 bits per heavy atom. The van der Waals surface area contributed by atoms with Crippen LogP contribution in [0, 0.1) is 12.8 Å². The first-order valence-electron chi connectivity index (χ1n) is 7.68.